The summed E-state index contributed by atoms with van der Waals surface area (Å²) in [6, 6.07) is 9.15. The van der Waals surface area contributed by atoms with Gasteiger partial charge in [-0.1, -0.05) is 36.4 Å². The molecule has 2 atom stereocenters. The predicted octanol–water partition coefficient (Wildman–Crippen LogP) is 1.68. The van der Waals surface area contributed by atoms with E-state index in [1.807, 2.05) is 0 Å². The van der Waals surface area contributed by atoms with Gasteiger partial charge >= 0.3 is 5.97 Å². The molecule has 0 radical (unpaired) electrons. The molecule has 0 saturated heterocycles. The van der Waals surface area contributed by atoms with Crippen LogP contribution in [0.2, 0.25) is 0 Å². The van der Waals surface area contributed by atoms with Crippen LogP contribution in [0.25, 0.3) is 0 Å². The molecule has 0 aliphatic carbocycles. The van der Waals surface area contributed by atoms with Gasteiger partial charge in [-0.05, 0) is 11.6 Å². The Bertz CT molecular complexity index is 981. The zero-order chi connectivity index (χ0) is 23.0. The molecule has 0 unspecified atom stereocenters. The number of hydrogen-bond donors (Lipinski definition) is 2. The lowest BCUT2D eigenvalue weighted by atomic mass is 10.0. The Morgan fingerprint density at radius 2 is 1.58 bits per heavy atom. The monoisotopic (exact) mass is 431 g/mol. The molecule has 31 heavy (non-hydrogen) atoms. The first-order chi connectivity index (χ1) is 14.7. The second-order valence-electron chi connectivity index (χ2n) is 6.72. The van der Waals surface area contributed by atoms with Crippen LogP contribution in [0.4, 0.5) is 10.1 Å². The second-order valence-corrected chi connectivity index (χ2v) is 6.72. The maximum Gasteiger partial charge on any atom is 0.328 e. The van der Waals surface area contributed by atoms with Crippen LogP contribution >= 0.6 is 0 Å². The minimum Gasteiger partial charge on any atom is -0.467 e. The lowest BCUT2D eigenvalue weighted by Gasteiger charge is -2.22. The molecule has 0 aromatic heterocycles. The van der Waals surface area contributed by atoms with Gasteiger partial charge in [-0.25, -0.2) is 9.18 Å². The van der Waals surface area contributed by atoms with Crippen LogP contribution in [-0.2, 0) is 32.0 Å². The SMILES string of the molecule is COC(=O)[C@@H](Cc1ccccc1[N+](=O)[O-])NC(=O)[C@@H](Cc1ccccc1F)NC(C)=O. The molecule has 0 spiro atoms. The number of esters is 1. The standard InChI is InChI=1S/C21H22FN3O6/c1-13(26)23-17(11-14-7-3-5-9-16(14)22)20(27)24-18(21(28)31-2)12-15-8-4-6-10-19(15)25(29)30/h3-10,17-18H,11-12H2,1-2H3,(H,23,26)(H,24,27)/t17-,18-/m1/s1. The van der Waals surface area contributed by atoms with E-state index in [4.69, 9.17) is 4.74 Å². The van der Waals surface area contributed by atoms with Crippen molar-refractivity contribution in [2.24, 2.45) is 0 Å². The fourth-order valence-corrected chi connectivity index (χ4v) is 3.03. The van der Waals surface area contributed by atoms with Crippen LogP contribution in [0.15, 0.2) is 48.5 Å². The number of halogens is 1. The van der Waals surface area contributed by atoms with Crippen LogP contribution in [0, 0.1) is 15.9 Å². The van der Waals surface area contributed by atoms with Crippen LogP contribution in [-0.4, -0.2) is 41.9 Å². The Morgan fingerprint density at radius 3 is 2.16 bits per heavy atom. The van der Waals surface area contributed by atoms with Crippen molar-refractivity contribution in [1.29, 1.82) is 0 Å². The van der Waals surface area contributed by atoms with E-state index < -0.39 is 40.6 Å². The van der Waals surface area contributed by atoms with Crippen molar-refractivity contribution in [3.8, 4) is 0 Å². The van der Waals surface area contributed by atoms with E-state index in [1.165, 1.54) is 43.3 Å². The number of amides is 2. The summed E-state index contributed by atoms with van der Waals surface area (Å²) in [6.07, 6.45) is -0.362. The molecule has 164 valence electrons. The molecule has 0 aliphatic heterocycles. The number of nitro groups is 1. The van der Waals surface area contributed by atoms with Crippen molar-refractivity contribution >= 4 is 23.5 Å². The van der Waals surface area contributed by atoms with Crippen LogP contribution in [0.5, 0.6) is 0 Å². The van der Waals surface area contributed by atoms with E-state index >= 15 is 0 Å². The van der Waals surface area contributed by atoms with Crippen molar-refractivity contribution in [3.05, 3.63) is 75.6 Å². The Labute approximate surface area is 177 Å². The third-order valence-corrected chi connectivity index (χ3v) is 4.49. The Balaban J connectivity index is 2.26. The van der Waals surface area contributed by atoms with Gasteiger partial charge in [0.2, 0.25) is 11.8 Å². The number of benzene rings is 2. The highest BCUT2D eigenvalue weighted by molar-refractivity contribution is 5.90. The fourth-order valence-electron chi connectivity index (χ4n) is 3.03. The average molecular weight is 431 g/mol. The molecule has 0 fully saturated rings. The Kier molecular flexibility index (Phi) is 8.18. The highest BCUT2D eigenvalue weighted by Crippen LogP contribution is 2.20. The maximum absolute atomic E-state index is 14.0. The first-order valence-corrected chi connectivity index (χ1v) is 9.34. The molecule has 2 aromatic carbocycles. The van der Waals surface area contributed by atoms with Crippen LogP contribution in [0.3, 0.4) is 0 Å². The highest BCUT2D eigenvalue weighted by Gasteiger charge is 2.29. The number of nitrogens with zero attached hydrogens (tertiary/aromatic N) is 1. The molecule has 2 amide bonds. The number of carbonyl (C=O) groups excluding carboxylic acids is 3. The fraction of sp³-hybridized carbons (Fsp3) is 0.286. The molecule has 2 N–H and O–H groups in total. The zero-order valence-corrected chi connectivity index (χ0v) is 17.0. The Hall–Kier alpha value is -3.82. The molecule has 2 rings (SSSR count). The van der Waals surface area contributed by atoms with Crippen LogP contribution in [0.1, 0.15) is 18.1 Å². The third kappa shape index (κ3) is 6.59. The molecule has 0 aliphatic rings. The van der Waals surface area contributed by atoms with Gasteiger partial charge in [-0.3, -0.25) is 19.7 Å². The number of rotatable bonds is 9. The predicted molar refractivity (Wildman–Crippen MR) is 108 cm³/mol. The van der Waals surface area contributed by atoms with Crippen molar-refractivity contribution < 1.29 is 28.4 Å². The number of hydrogen-bond acceptors (Lipinski definition) is 6. The lowest BCUT2D eigenvalue weighted by Crippen LogP contribution is -2.53. The van der Waals surface area contributed by atoms with E-state index in [1.54, 1.807) is 12.1 Å². The number of methoxy groups -OCH3 is 1. The van der Waals surface area contributed by atoms with Gasteiger partial charge < -0.3 is 15.4 Å². The summed E-state index contributed by atoms with van der Waals surface area (Å²) in [5.74, 6) is -2.65. The number of nitrogens with one attached hydrogen (secondary N) is 2. The summed E-state index contributed by atoms with van der Waals surface area (Å²) in [7, 11) is 1.12. The minimum atomic E-state index is -1.25. The zero-order valence-electron chi connectivity index (χ0n) is 17.0. The average Bonchev–Trinajstić information content (AvgIpc) is 2.73. The molecular weight excluding hydrogens is 409 g/mol. The van der Waals surface area contributed by atoms with Gasteiger partial charge in [0.05, 0.1) is 12.0 Å². The van der Waals surface area contributed by atoms with Gasteiger partial charge in [0.25, 0.3) is 5.69 Å². The van der Waals surface area contributed by atoms with Gasteiger partial charge in [0.1, 0.15) is 17.9 Å². The Morgan fingerprint density at radius 1 is 1.00 bits per heavy atom. The normalized spacial score (nSPS) is 12.4. The van der Waals surface area contributed by atoms with E-state index in [-0.39, 0.29) is 29.7 Å². The number of nitro benzene ring substituents is 1. The van der Waals surface area contributed by atoms with E-state index in [0.29, 0.717) is 0 Å². The minimum absolute atomic E-state index is 0.155. The number of para-hydroxylation sites is 1. The van der Waals surface area contributed by atoms with Crippen molar-refractivity contribution in [3.63, 3.8) is 0 Å². The van der Waals surface area contributed by atoms with E-state index in [0.717, 1.165) is 7.11 Å². The summed E-state index contributed by atoms with van der Waals surface area (Å²) in [6.45, 7) is 1.20. The molecule has 10 heteroatoms. The molecule has 9 nitrogen and oxygen atoms in total. The third-order valence-electron chi connectivity index (χ3n) is 4.49. The summed E-state index contributed by atoms with van der Waals surface area (Å²) >= 11 is 0. The van der Waals surface area contributed by atoms with Gasteiger partial charge in [-0.2, -0.15) is 0 Å². The van der Waals surface area contributed by atoms with Crippen molar-refractivity contribution in [1.82, 2.24) is 10.6 Å². The molecule has 0 heterocycles. The smallest absolute Gasteiger partial charge is 0.328 e. The largest absolute Gasteiger partial charge is 0.467 e. The van der Waals surface area contributed by atoms with E-state index in [9.17, 15) is 28.9 Å². The van der Waals surface area contributed by atoms with Gasteiger partial charge in [-0.15, -0.1) is 0 Å². The highest BCUT2D eigenvalue weighted by atomic mass is 19.1. The number of carbonyl (C=O) groups is 3. The quantitative estimate of drug-likeness (QED) is 0.353. The van der Waals surface area contributed by atoms with Gasteiger partial charge in [0.15, 0.2) is 0 Å². The van der Waals surface area contributed by atoms with Gasteiger partial charge in [0, 0.05) is 31.4 Å². The van der Waals surface area contributed by atoms with Crippen LogP contribution < -0.4 is 10.6 Å². The molecule has 0 saturated carbocycles. The number of ether oxygens (including phenoxy) is 1. The first-order valence-electron chi connectivity index (χ1n) is 9.34. The topological polar surface area (TPSA) is 128 Å². The molecule has 2 aromatic rings. The van der Waals surface area contributed by atoms with Crippen molar-refractivity contribution in [2.45, 2.75) is 31.8 Å². The second kappa shape index (κ2) is 10.8. The first kappa shape index (κ1) is 23.5. The molecular formula is C21H22FN3O6. The molecule has 0 bridgehead atoms. The summed E-state index contributed by atoms with van der Waals surface area (Å²) in [4.78, 5) is 47.3. The lowest BCUT2D eigenvalue weighted by molar-refractivity contribution is -0.385. The summed E-state index contributed by atoms with van der Waals surface area (Å²) in [5.41, 5.74) is 0.202. The maximum atomic E-state index is 14.0. The van der Waals surface area contributed by atoms with E-state index in [2.05, 4.69) is 10.6 Å². The van der Waals surface area contributed by atoms with Crippen molar-refractivity contribution in [2.75, 3.05) is 7.11 Å². The summed E-state index contributed by atoms with van der Waals surface area (Å²) < 4.78 is 18.7. The summed E-state index contributed by atoms with van der Waals surface area (Å²) in [5, 5.41) is 16.1.